The summed E-state index contributed by atoms with van der Waals surface area (Å²) in [6.45, 7) is 3.69. The highest BCUT2D eigenvalue weighted by atomic mass is 16.5. The quantitative estimate of drug-likeness (QED) is 0.353. The maximum Gasteiger partial charge on any atom is 0.333 e. The van der Waals surface area contributed by atoms with Crippen molar-refractivity contribution in [3.8, 4) is 0 Å². The van der Waals surface area contributed by atoms with E-state index in [4.69, 9.17) is 0 Å². The number of ether oxygens (including phenoxy) is 1. The van der Waals surface area contributed by atoms with Gasteiger partial charge in [0.1, 0.15) is 0 Å². The van der Waals surface area contributed by atoms with Gasteiger partial charge in [0, 0.05) is 5.57 Å². The fourth-order valence-electron chi connectivity index (χ4n) is 0.625. The van der Waals surface area contributed by atoms with Crippen LogP contribution in [0.3, 0.4) is 0 Å². The van der Waals surface area contributed by atoms with Gasteiger partial charge in [-0.1, -0.05) is 18.2 Å². The summed E-state index contributed by atoms with van der Waals surface area (Å²) in [5.41, 5.74) is 0.658. The highest BCUT2D eigenvalue weighted by Crippen LogP contribution is 1.98. The van der Waals surface area contributed by atoms with Gasteiger partial charge in [-0.2, -0.15) is 0 Å². The second-order valence-corrected chi connectivity index (χ2v) is 2.18. The second-order valence-electron chi connectivity index (χ2n) is 2.18. The molecule has 0 saturated heterocycles. The summed E-state index contributed by atoms with van der Waals surface area (Å²) in [6, 6.07) is 0. The molecule has 0 radical (unpaired) electrons. The van der Waals surface area contributed by atoms with Crippen molar-refractivity contribution in [3.63, 3.8) is 0 Å². The highest BCUT2D eigenvalue weighted by molar-refractivity contribution is 5.87. The van der Waals surface area contributed by atoms with E-state index in [1.54, 1.807) is 6.92 Å². The van der Waals surface area contributed by atoms with E-state index in [9.17, 15) is 4.79 Å². The predicted molar refractivity (Wildman–Crippen MR) is 45.2 cm³/mol. The number of hydrogen-bond donors (Lipinski definition) is 0. The Morgan fingerprint density at radius 2 is 2.18 bits per heavy atom. The Bertz CT molecular complexity index is 178. The molecule has 0 aromatic carbocycles. The van der Waals surface area contributed by atoms with Crippen LogP contribution >= 0.6 is 0 Å². The molecule has 0 saturated carbocycles. The predicted octanol–water partition coefficient (Wildman–Crippen LogP) is 2.07. The molecule has 0 heterocycles. The minimum atomic E-state index is -0.255. The zero-order valence-corrected chi connectivity index (χ0v) is 7.26. The van der Waals surface area contributed by atoms with Gasteiger partial charge in [0.2, 0.25) is 0 Å². The van der Waals surface area contributed by atoms with Gasteiger partial charge in [0.05, 0.1) is 7.11 Å². The lowest BCUT2D eigenvalue weighted by Gasteiger charge is -1.95. The maximum absolute atomic E-state index is 10.8. The van der Waals surface area contributed by atoms with Crippen LogP contribution in [0.5, 0.6) is 0 Å². The largest absolute Gasteiger partial charge is 0.466 e. The van der Waals surface area contributed by atoms with Gasteiger partial charge < -0.3 is 4.74 Å². The van der Waals surface area contributed by atoms with Crippen LogP contribution in [0.15, 0.2) is 23.8 Å². The zero-order chi connectivity index (χ0) is 8.69. The topological polar surface area (TPSA) is 26.3 Å². The second kappa shape index (κ2) is 5.71. The van der Waals surface area contributed by atoms with Gasteiger partial charge in [-0.15, -0.1) is 0 Å². The van der Waals surface area contributed by atoms with E-state index in [1.807, 2.05) is 25.2 Å². The number of hydrogen-bond acceptors (Lipinski definition) is 2. The molecule has 0 spiro atoms. The summed E-state index contributed by atoms with van der Waals surface area (Å²) in [5, 5.41) is 0. The molecule has 0 aromatic heterocycles. The van der Waals surface area contributed by atoms with Crippen molar-refractivity contribution in [1.82, 2.24) is 0 Å². The fourth-order valence-corrected chi connectivity index (χ4v) is 0.625. The Balaban J connectivity index is 3.90. The molecule has 0 bridgehead atoms. The van der Waals surface area contributed by atoms with Gasteiger partial charge >= 0.3 is 5.97 Å². The standard InChI is InChI=1S/C9H14O2/c1-4-5-6-7-8(2)9(10)11-3/h4-5,7H,6H2,1-3H3/b5-4+,8-7+. The summed E-state index contributed by atoms with van der Waals surface area (Å²) in [6.07, 6.45) is 6.55. The number of esters is 1. The molecule has 2 heteroatoms. The smallest absolute Gasteiger partial charge is 0.333 e. The number of methoxy groups -OCH3 is 1. The first-order valence-corrected chi connectivity index (χ1v) is 3.58. The molecule has 0 rings (SSSR count). The third-order valence-corrected chi connectivity index (χ3v) is 1.30. The van der Waals surface area contributed by atoms with E-state index in [-0.39, 0.29) is 5.97 Å². The Morgan fingerprint density at radius 1 is 1.55 bits per heavy atom. The van der Waals surface area contributed by atoms with Gasteiger partial charge in [-0.05, 0) is 20.3 Å². The van der Waals surface area contributed by atoms with Crippen LogP contribution < -0.4 is 0 Å². The Labute approximate surface area is 67.6 Å². The number of allylic oxidation sites excluding steroid dienone is 3. The lowest BCUT2D eigenvalue weighted by Crippen LogP contribution is -2.00. The summed E-state index contributed by atoms with van der Waals surface area (Å²) in [4.78, 5) is 10.8. The Kier molecular flexibility index (Phi) is 5.17. The third-order valence-electron chi connectivity index (χ3n) is 1.30. The van der Waals surface area contributed by atoms with Crippen molar-refractivity contribution in [2.45, 2.75) is 20.3 Å². The highest BCUT2D eigenvalue weighted by Gasteiger charge is 1.99. The molecule has 0 atom stereocenters. The van der Waals surface area contributed by atoms with E-state index < -0.39 is 0 Å². The first kappa shape index (κ1) is 9.95. The molecule has 0 aromatic rings. The average molecular weight is 154 g/mol. The number of carbonyl (C=O) groups excluding carboxylic acids is 1. The van der Waals surface area contributed by atoms with Crippen LogP contribution in [0.25, 0.3) is 0 Å². The van der Waals surface area contributed by atoms with Gasteiger partial charge in [-0.3, -0.25) is 0 Å². The molecule has 11 heavy (non-hydrogen) atoms. The van der Waals surface area contributed by atoms with Crippen LogP contribution in [-0.2, 0) is 9.53 Å². The van der Waals surface area contributed by atoms with Crippen molar-refractivity contribution in [1.29, 1.82) is 0 Å². The van der Waals surface area contributed by atoms with Gasteiger partial charge in [0.15, 0.2) is 0 Å². The number of rotatable bonds is 3. The normalized spacial score (nSPS) is 12.1. The molecule has 0 N–H and O–H groups in total. The molecule has 0 fully saturated rings. The van der Waals surface area contributed by atoms with E-state index in [0.717, 1.165) is 6.42 Å². The Morgan fingerprint density at radius 3 is 2.64 bits per heavy atom. The van der Waals surface area contributed by atoms with Crippen LogP contribution in [0, 0.1) is 0 Å². The zero-order valence-electron chi connectivity index (χ0n) is 7.26. The van der Waals surface area contributed by atoms with Crippen molar-refractivity contribution < 1.29 is 9.53 Å². The van der Waals surface area contributed by atoms with Crippen LogP contribution in [0.4, 0.5) is 0 Å². The molecule has 0 aliphatic carbocycles. The maximum atomic E-state index is 10.8. The van der Waals surface area contributed by atoms with Gasteiger partial charge in [0.25, 0.3) is 0 Å². The number of carbonyl (C=O) groups is 1. The van der Waals surface area contributed by atoms with Gasteiger partial charge in [-0.25, -0.2) is 4.79 Å². The molecular formula is C9H14O2. The summed E-state index contributed by atoms with van der Waals surface area (Å²) >= 11 is 0. The lowest BCUT2D eigenvalue weighted by atomic mass is 10.2. The van der Waals surface area contributed by atoms with Crippen LogP contribution in [0.1, 0.15) is 20.3 Å². The van der Waals surface area contributed by atoms with Crippen LogP contribution in [-0.4, -0.2) is 13.1 Å². The summed E-state index contributed by atoms with van der Waals surface area (Å²) in [5.74, 6) is -0.255. The monoisotopic (exact) mass is 154 g/mol. The van der Waals surface area contributed by atoms with Crippen LogP contribution in [0.2, 0.25) is 0 Å². The molecule has 0 amide bonds. The molecule has 0 aliphatic rings. The van der Waals surface area contributed by atoms with E-state index in [1.165, 1.54) is 7.11 Å². The molecule has 0 unspecified atom stereocenters. The molecule has 2 nitrogen and oxygen atoms in total. The molecule has 0 aliphatic heterocycles. The third kappa shape index (κ3) is 4.37. The van der Waals surface area contributed by atoms with E-state index in [0.29, 0.717) is 5.57 Å². The summed E-state index contributed by atoms with van der Waals surface area (Å²) < 4.78 is 4.51. The summed E-state index contributed by atoms with van der Waals surface area (Å²) in [7, 11) is 1.38. The average Bonchev–Trinajstić information content (AvgIpc) is 2.03. The van der Waals surface area contributed by atoms with Crippen molar-refractivity contribution in [2.24, 2.45) is 0 Å². The lowest BCUT2D eigenvalue weighted by molar-refractivity contribution is -0.136. The molecular weight excluding hydrogens is 140 g/mol. The first-order chi connectivity index (χ1) is 5.22. The van der Waals surface area contributed by atoms with E-state index >= 15 is 0 Å². The minimum Gasteiger partial charge on any atom is -0.466 e. The first-order valence-electron chi connectivity index (χ1n) is 3.58. The minimum absolute atomic E-state index is 0.255. The fraction of sp³-hybridized carbons (Fsp3) is 0.444. The molecule has 62 valence electrons. The van der Waals surface area contributed by atoms with Crippen molar-refractivity contribution >= 4 is 5.97 Å². The van der Waals surface area contributed by atoms with Crippen molar-refractivity contribution in [3.05, 3.63) is 23.8 Å². The van der Waals surface area contributed by atoms with E-state index in [2.05, 4.69) is 4.74 Å². The van der Waals surface area contributed by atoms with Crippen molar-refractivity contribution in [2.75, 3.05) is 7.11 Å². The SMILES string of the molecule is C/C=C/C/C=C(\C)C(=O)OC. The Hall–Kier alpha value is -1.05.